The Hall–Kier alpha value is -2.68. The molecule has 0 fully saturated rings. The van der Waals surface area contributed by atoms with E-state index in [0.717, 1.165) is 10.5 Å². The van der Waals surface area contributed by atoms with E-state index >= 15 is 0 Å². The minimum Gasteiger partial charge on any atom is -0.468 e. The summed E-state index contributed by atoms with van der Waals surface area (Å²) in [6, 6.07) is 2.46. The van der Waals surface area contributed by atoms with Crippen LogP contribution < -0.4 is 10.6 Å². The quantitative estimate of drug-likeness (QED) is 0.581. The number of hydrogen-bond acceptors (Lipinski definition) is 8. The van der Waals surface area contributed by atoms with Crippen molar-refractivity contribution in [3.63, 3.8) is 0 Å². The number of aryl methyl sites for hydroxylation is 1. The Morgan fingerprint density at radius 3 is 1.93 bits per heavy atom. The molecule has 1 atom stereocenters. The molecule has 0 aliphatic rings. The van der Waals surface area contributed by atoms with Gasteiger partial charge in [0.25, 0.3) is 0 Å². The fourth-order valence-corrected chi connectivity index (χ4v) is 2.16. The summed E-state index contributed by atoms with van der Waals surface area (Å²) in [5.41, 5.74) is 4.90. The van der Waals surface area contributed by atoms with Gasteiger partial charge in [0.05, 0.1) is 7.11 Å². The zero-order chi connectivity index (χ0) is 22.4. The molecule has 1 aromatic rings. The molecule has 0 aliphatic heterocycles. The van der Waals surface area contributed by atoms with Gasteiger partial charge in [-0.15, -0.1) is 0 Å². The van der Waals surface area contributed by atoms with Crippen LogP contribution in [0.1, 0.15) is 53.5 Å². The van der Waals surface area contributed by atoms with Crippen LogP contribution in [0.2, 0.25) is 0 Å². The third-order valence-corrected chi connectivity index (χ3v) is 3.44. The number of aromatic nitrogens is 1. The third-order valence-electron chi connectivity index (χ3n) is 3.44. The normalized spacial score (nSPS) is 12.7. The smallest absolute Gasteiger partial charge is 0.425 e. The maximum atomic E-state index is 12.6. The van der Waals surface area contributed by atoms with Gasteiger partial charge in [-0.2, -0.15) is 4.90 Å². The molecule has 0 spiro atoms. The van der Waals surface area contributed by atoms with Crippen LogP contribution in [0.5, 0.6) is 0 Å². The predicted octanol–water partition coefficient (Wildman–Crippen LogP) is 3.19. The molecule has 0 aromatic carbocycles. The lowest BCUT2D eigenvalue weighted by atomic mass is 10.1. The van der Waals surface area contributed by atoms with E-state index in [1.165, 1.54) is 19.4 Å². The highest BCUT2D eigenvalue weighted by molar-refractivity contribution is 6.08. The van der Waals surface area contributed by atoms with Crippen molar-refractivity contribution >= 4 is 24.0 Å². The number of ether oxygens (including phenoxy) is 3. The van der Waals surface area contributed by atoms with Crippen LogP contribution in [-0.2, 0) is 25.4 Å². The molecule has 2 N–H and O–H groups in total. The van der Waals surface area contributed by atoms with Crippen LogP contribution in [0.3, 0.4) is 0 Å². The van der Waals surface area contributed by atoms with Crippen molar-refractivity contribution in [1.82, 2.24) is 4.98 Å². The van der Waals surface area contributed by atoms with Crippen molar-refractivity contribution in [3.05, 3.63) is 23.9 Å². The molecule has 1 unspecified atom stereocenters. The number of nitrogens with two attached hydrogens (primary N) is 1. The van der Waals surface area contributed by atoms with Crippen molar-refractivity contribution in [2.45, 2.75) is 71.6 Å². The summed E-state index contributed by atoms with van der Waals surface area (Å²) in [5, 5.41) is 0. The molecule has 1 heterocycles. The molecule has 9 nitrogen and oxygen atoms in total. The van der Waals surface area contributed by atoms with Gasteiger partial charge >= 0.3 is 18.2 Å². The summed E-state index contributed by atoms with van der Waals surface area (Å²) in [6.45, 7) is 10.2. The summed E-state index contributed by atoms with van der Waals surface area (Å²) >= 11 is 0. The molecule has 0 saturated heterocycles. The largest absolute Gasteiger partial charge is 0.468 e. The van der Waals surface area contributed by atoms with Crippen LogP contribution in [0, 0.1) is 0 Å². The first kappa shape index (κ1) is 24.4. The van der Waals surface area contributed by atoms with Crippen molar-refractivity contribution in [3.8, 4) is 0 Å². The van der Waals surface area contributed by atoms with Gasteiger partial charge in [0, 0.05) is 6.20 Å². The molecule has 1 aromatic heterocycles. The lowest BCUT2D eigenvalue weighted by molar-refractivity contribution is -0.142. The molecule has 2 amide bonds. The van der Waals surface area contributed by atoms with Gasteiger partial charge < -0.3 is 19.9 Å². The van der Waals surface area contributed by atoms with Crippen LogP contribution in [0.4, 0.5) is 15.4 Å². The van der Waals surface area contributed by atoms with Gasteiger partial charge in [0.2, 0.25) is 0 Å². The number of pyridine rings is 1. The second kappa shape index (κ2) is 9.69. The van der Waals surface area contributed by atoms with Crippen molar-refractivity contribution in [2.24, 2.45) is 5.73 Å². The van der Waals surface area contributed by atoms with Crippen LogP contribution in [0.25, 0.3) is 0 Å². The van der Waals surface area contributed by atoms with Crippen molar-refractivity contribution in [1.29, 1.82) is 0 Å². The van der Waals surface area contributed by atoms with Crippen LogP contribution >= 0.6 is 0 Å². The average Bonchev–Trinajstić information content (AvgIpc) is 2.57. The van der Waals surface area contributed by atoms with E-state index in [9.17, 15) is 14.4 Å². The van der Waals surface area contributed by atoms with Crippen LogP contribution in [0.15, 0.2) is 18.3 Å². The minimum atomic E-state index is -0.889. The maximum Gasteiger partial charge on any atom is 0.425 e. The van der Waals surface area contributed by atoms with Gasteiger partial charge in [0.15, 0.2) is 0 Å². The number of carbonyl (C=O) groups excluding carboxylic acids is 3. The van der Waals surface area contributed by atoms with E-state index in [1.807, 2.05) is 0 Å². The first-order valence-corrected chi connectivity index (χ1v) is 9.28. The van der Waals surface area contributed by atoms with Gasteiger partial charge in [-0.1, -0.05) is 6.07 Å². The molecule has 9 heteroatoms. The zero-order valence-corrected chi connectivity index (χ0v) is 18.1. The highest BCUT2D eigenvalue weighted by Crippen LogP contribution is 2.20. The fraction of sp³-hybridized carbons (Fsp3) is 0.600. The number of esters is 1. The molecular formula is C20H31N3O6. The Morgan fingerprint density at radius 2 is 1.55 bits per heavy atom. The number of nitrogens with zero attached hydrogens (tertiary/aromatic N) is 2. The average molecular weight is 409 g/mol. The SMILES string of the molecule is COC(=O)C(N)CCc1ccc(N(C(=O)OC(C)(C)C)C(=O)OC(C)(C)C)nc1. The van der Waals surface area contributed by atoms with E-state index in [0.29, 0.717) is 12.8 Å². The van der Waals surface area contributed by atoms with E-state index < -0.39 is 35.4 Å². The molecule has 0 radical (unpaired) electrons. The highest BCUT2D eigenvalue weighted by atomic mass is 16.6. The Kier molecular flexibility index (Phi) is 8.14. The summed E-state index contributed by atoms with van der Waals surface area (Å²) in [6.07, 6.45) is 0.568. The van der Waals surface area contributed by atoms with Crippen molar-refractivity contribution in [2.75, 3.05) is 12.0 Å². The summed E-state index contributed by atoms with van der Waals surface area (Å²) in [7, 11) is 1.28. The number of imide groups is 1. The monoisotopic (exact) mass is 409 g/mol. The maximum absolute atomic E-state index is 12.6. The topological polar surface area (TPSA) is 121 Å². The fourth-order valence-electron chi connectivity index (χ4n) is 2.16. The molecule has 1 rings (SSSR count). The molecule has 29 heavy (non-hydrogen) atoms. The first-order valence-electron chi connectivity index (χ1n) is 9.28. The number of amides is 2. The number of methoxy groups -OCH3 is 1. The van der Waals surface area contributed by atoms with E-state index in [2.05, 4.69) is 9.72 Å². The zero-order valence-electron chi connectivity index (χ0n) is 18.1. The van der Waals surface area contributed by atoms with Gasteiger partial charge in [-0.3, -0.25) is 4.79 Å². The lowest BCUT2D eigenvalue weighted by Gasteiger charge is -2.28. The summed E-state index contributed by atoms with van der Waals surface area (Å²) in [4.78, 5) is 41.5. The lowest BCUT2D eigenvalue weighted by Crippen LogP contribution is -2.44. The number of carbonyl (C=O) groups is 3. The molecular weight excluding hydrogens is 378 g/mol. The minimum absolute atomic E-state index is 0.0644. The highest BCUT2D eigenvalue weighted by Gasteiger charge is 2.33. The number of hydrogen-bond donors (Lipinski definition) is 1. The number of rotatable bonds is 5. The van der Waals surface area contributed by atoms with Gasteiger partial charge in [-0.25, -0.2) is 14.6 Å². The van der Waals surface area contributed by atoms with Gasteiger partial charge in [-0.05, 0) is 66.0 Å². The molecule has 162 valence electrons. The Morgan fingerprint density at radius 1 is 1.03 bits per heavy atom. The second-order valence-corrected chi connectivity index (χ2v) is 8.49. The Labute approximate surface area is 171 Å². The summed E-state index contributed by atoms with van der Waals surface area (Å²) < 4.78 is 15.2. The standard InChI is InChI=1S/C20H31N3O6/c1-19(2,3)28-17(25)23(18(26)29-20(4,5)6)15-11-9-13(12-22-15)8-10-14(21)16(24)27-7/h9,11-12,14H,8,10,21H2,1-7H3. The third kappa shape index (κ3) is 8.47. The molecule has 0 bridgehead atoms. The van der Waals surface area contributed by atoms with Crippen molar-refractivity contribution < 1.29 is 28.6 Å². The van der Waals surface area contributed by atoms with E-state index in [1.54, 1.807) is 47.6 Å². The predicted molar refractivity (Wildman–Crippen MR) is 107 cm³/mol. The van der Waals surface area contributed by atoms with Gasteiger partial charge in [0.1, 0.15) is 23.1 Å². The van der Waals surface area contributed by atoms with E-state index in [4.69, 9.17) is 15.2 Å². The molecule has 0 aliphatic carbocycles. The Bertz CT molecular complexity index is 691. The summed E-state index contributed by atoms with van der Waals surface area (Å²) in [5.74, 6) is -0.426. The Balaban J connectivity index is 3.02. The first-order chi connectivity index (χ1) is 13.2. The number of anilines is 1. The molecule has 0 saturated carbocycles. The second-order valence-electron chi connectivity index (χ2n) is 8.49. The van der Waals surface area contributed by atoms with E-state index in [-0.39, 0.29) is 5.82 Å². The van der Waals surface area contributed by atoms with Crippen LogP contribution in [-0.4, -0.2) is 47.5 Å².